The van der Waals surface area contributed by atoms with Crippen LogP contribution in [-0.4, -0.2) is 15.7 Å². The largest absolute Gasteiger partial charge is 0.311 e. The van der Waals surface area contributed by atoms with Gasteiger partial charge < -0.3 is 5.32 Å². The van der Waals surface area contributed by atoms with Crippen LogP contribution in [0.1, 0.15) is 63.0 Å². The van der Waals surface area contributed by atoms with Crippen LogP contribution in [0.5, 0.6) is 0 Å². The SMILES string of the molecule is Cn1nc(C2CCCC2)cc1NC(=O)C1CCCC1. The van der Waals surface area contributed by atoms with Crippen LogP contribution in [0.25, 0.3) is 0 Å². The standard InChI is InChI=1S/C15H23N3O/c1-18-14(16-15(19)12-8-4-5-9-12)10-13(17-18)11-6-2-3-7-11/h10-12H,2-9H2,1H3,(H,16,19). The van der Waals surface area contributed by atoms with Crippen molar-refractivity contribution in [2.45, 2.75) is 57.3 Å². The van der Waals surface area contributed by atoms with Gasteiger partial charge in [-0.2, -0.15) is 5.10 Å². The molecule has 3 rings (SSSR count). The first-order valence-corrected chi connectivity index (χ1v) is 7.59. The van der Waals surface area contributed by atoms with E-state index in [1.165, 1.54) is 38.5 Å². The molecule has 2 fully saturated rings. The first-order valence-electron chi connectivity index (χ1n) is 7.59. The van der Waals surface area contributed by atoms with Gasteiger partial charge in [0, 0.05) is 24.9 Å². The molecular weight excluding hydrogens is 238 g/mol. The summed E-state index contributed by atoms with van der Waals surface area (Å²) >= 11 is 0. The highest BCUT2D eigenvalue weighted by atomic mass is 16.2. The summed E-state index contributed by atoms with van der Waals surface area (Å²) in [5.74, 6) is 1.85. The van der Waals surface area contributed by atoms with E-state index in [1.54, 1.807) is 0 Å². The van der Waals surface area contributed by atoms with Gasteiger partial charge >= 0.3 is 0 Å². The number of hydrogen-bond acceptors (Lipinski definition) is 2. The fourth-order valence-corrected chi connectivity index (χ4v) is 3.44. The lowest BCUT2D eigenvalue weighted by Crippen LogP contribution is -2.21. The summed E-state index contributed by atoms with van der Waals surface area (Å²) in [6.45, 7) is 0. The number of aromatic nitrogens is 2. The zero-order valence-electron chi connectivity index (χ0n) is 11.7. The molecule has 0 aliphatic heterocycles. The van der Waals surface area contributed by atoms with Gasteiger partial charge in [-0.3, -0.25) is 9.48 Å². The molecule has 19 heavy (non-hydrogen) atoms. The fourth-order valence-electron chi connectivity index (χ4n) is 3.44. The quantitative estimate of drug-likeness (QED) is 0.908. The number of nitrogens with one attached hydrogen (secondary N) is 1. The smallest absolute Gasteiger partial charge is 0.228 e. The van der Waals surface area contributed by atoms with Crippen LogP contribution in [-0.2, 0) is 11.8 Å². The average molecular weight is 261 g/mol. The van der Waals surface area contributed by atoms with Crippen LogP contribution in [0.15, 0.2) is 6.07 Å². The van der Waals surface area contributed by atoms with E-state index < -0.39 is 0 Å². The van der Waals surface area contributed by atoms with Gasteiger partial charge in [0.15, 0.2) is 0 Å². The fraction of sp³-hybridized carbons (Fsp3) is 0.733. The van der Waals surface area contributed by atoms with Gasteiger partial charge in [0.1, 0.15) is 5.82 Å². The second kappa shape index (κ2) is 5.35. The summed E-state index contributed by atoms with van der Waals surface area (Å²) in [4.78, 5) is 12.1. The number of hydrogen-bond donors (Lipinski definition) is 1. The van der Waals surface area contributed by atoms with Gasteiger partial charge in [-0.15, -0.1) is 0 Å². The molecule has 1 amide bonds. The lowest BCUT2D eigenvalue weighted by Gasteiger charge is -2.09. The van der Waals surface area contributed by atoms with Crippen molar-refractivity contribution in [2.75, 3.05) is 5.32 Å². The molecule has 104 valence electrons. The lowest BCUT2D eigenvalue weighted by atomic mass is 10.0. The summed E-state index contributed by atoms with van der Waals surface area (Å²) in [5.41, 5.74) is 1.15. The Morgan fingerprint density at radius 3 is 2.53 bits per heavy atom. The Morgan fingerprint density at radius 2 is 1.84 bits per heavy atom. The van der Waals surface area contributed by atoms with Gasteiger partial charge in [-0.25, -0.2) is 0 Å². The minimum absolute atomic E-state index is 0.179. The number of aryl methyl sites for hydroxylation is 1. The monoisotopic (exact) mass is 261 g/mol. The summed E-state index contributed by atoms with van der Waals surface area (Å²) in [5, 5.41) is 7.63. The third-order valence-corrected chi connectivity index (χ3v) is 4.65. The first kappa shape index (κ1) is 12.7. The van der Waals surface area contributed by atoms with Crippen LogP contribution < -0.4 is 5.32 Å². The molecule has 1 aromatic rings. The molecule has 2 aliphatic carbocycles. The Labute approximate surface area is 114 Å². The second-order valence-electron chi connectivity index (χ2n) is 6.03. The molecule has 0 atom stereocenters. The molecule has 2 saturated carbocycles. The van der Waals surface area contributed by atoms with Crippen LogP contribution in [0.2, 0.25) is 0 Å². The van der Waals surface area contributed by atoms with Gasteiger partial charge in [0.25, 0.3) is 0 Å². The molecule has 1 heterocycles. The maximum absolute atomic E-state index is 12.1. The Hall–Kier alpha value is -1.32. The number of anilines is 1. The van der Waals surface area contributed by atoms with Crippen molar-refractivity contribution in [2.24, 2.45) is 13.0 Å². The Morgan fingerprint density at radius 1 is 1.21 bits per heavy atom. The number of nitrogens with zero attached hydrogens (tertiary/aromatic N) is 2. The van der Waals surface area contributed by atoms with Crippen molar-refractivity contribution < 1.29 is 4.79 Å². The zero-order chi connectivity index (χ0) is 13.2. The van der Waals surface area contributed by atoms with Crippen LogP contribution in [0.4, 0.5) is 5.82 Å². The van der Waals surface area contributed by atoms with Crippen molar-refractivity contribution in [1.82, 2.24) is 9.78 Å². The van der Waals surface area contributed by atoms with Crippen LogP contribution in [0, 0.1) is 5.92 Å². The van der Waals surface area contributed by atoms with E-state index >= 15 is 0 Å². The predicted octanol–water partition coefficient (Wildman–Crippen LogP) is 3.21. The van der Waals surface area contributed by atoms with E-state index in [4.69, 9.17) is 0 Å². The van der Waals surface area contributed by atoms with Crippen molar-refractivity contribution in [3.05, 3.63) is 11.8 Å². The second-order valence-corrected chi connectivity index (χ2v) is 6.03. The Bertz CT molecular complexity index is 454. The minimum atomic E-state index is 0.179. The molecule has 0 spiro atoms. The molecule has 0 radical (unpaired) electrons. The van der Waals surface area contributed by atoms with Crippen molar-refractivity contribution >= 4 is 11.7 Å². The average Bonchev–Trinajstić information content (AvgIpc) is 3.09. The minimum Gasteiger partial charge on any atom is -0.311 e. The van der Waals surface area contributed by atoms with E-state index in [2.05, 4.69) is 16.5 Å². The van der Waals surface area contributed by atoms with Gasteiger partial charge in [0.2, 0.25) is 5.91 Å². The number of carbonyl (C=O) groups excluding carboxylic acids is 1. The van der Waals surface area contributed by atoms with E-state index in [9.17, 15) is 4.79 Å². The third-order valence-electron chi connectivity index (χ3n) is 4.65. The number of rotatable bonds is 3. The van der Waals surface area contributed by atoms with E-state index in [0.717, 1.165) is 24.4 Å². The number of carbonyl (C=O) groups is 1. The maximum atomic E-state index is 12.1. The van der Waals surface area contributed by atoms with Gasteiger partial charge in [-0.1, -0.05) is 25.7 Å². The van der Waals surface area contributed by atoms with E-state index in [1.807, 2.05) is 11.7 Å². The molecule has 1 N–H and O–H groups in total. The zero-order valence-corrected chi connectivity index (χ0v) is 11.7. The predicted molar refractivity (Wildman–Crippen MR) is 75.0 cm³/mol. The highest BCUT2D eigenvalue weighted by molar-refractivity contribution is 5.91. The lowest BCUT2D eigenvalue weighted by molar-refractivity contribution is -0.119. The molecule has 0 aromatic carbocycles. The normalized spacial score (nSPS) is 21.1. The molecule has 4 heteroatoms. The van der Waals surface area contributed by atoms with E-state index in [0.29, 0.717) is 5.92 Å². The van der Waals surface area contributed by atoms with Crippen LogP contribution in [0.3, 0.4) is 0 Å². The van der Waals surface area contributed by atoms with Gasteiger partial charge in [0.05, 0.1) is 5.69 Å². The molecule has 0 saturated heterocycles. The molecule has 4 nitrogen and oxygen atoms in total. The summed E-state index contributed by atoms with van der Waals surface area (Å²) in [6, 6.07) is 2.07. The number of amides is 1. The maximum Gasteiger partial charge on any atom is 0.228 e. The van der Waals surface area contributed by atoms with Crippen molar-refractivity contribution in [3.63, 3.8) is 0 Å². The highest BCUT2D eigenvalue weighted by Crippen LogP contribution is 2.34. The molecule has 0 bridgehead atoms. The van der Waals surface area contributed by atoms with E-state index in [-0.39, 0.29) is 11.8 Å². The Balaban J connectivity index is 1.68. The van der Waals surface area contributed by atoms with Gasteiger partial charge in [-0.05, 0) is 25.7 Å². The third kappa shape index (κ3) is 2.67. The summed E-state index contributed by atoms with van der Waals surface area (Å²) < 4.78 is 1.82. The summed E-state index contributed by atoms with van der Waals surface area (Å²) in [7, 11) is 1.92. The van der Waals surface area contributed by atoms with Crippen molar-refractivity contribution in [3.8, 4) is 0 Å². The molecule has 1 aromatic heterocycles. The molecule has 2 aliphatic rings. The first-order chi connectivity index (χ1) is 9.24. The molecular formula is C15H23N3O. The van der Waals surface area contributed by atoms with Crippen LogP contribution >= 0.6 is 0 Å². The molecule has 0 unspecified atom stereocenters. The topological polar surface area (TPSA) is 46.9 Å². The highest BCUT2D eigenvalue weighted by Gasteiger charge is 2.25. The Kier molecular flexibility index (Phi) is 3.58. The van der Waals surface area contributed by atoms with Crippen molar-refractivity contribution in [1.29, 1.82) is 0 Å². The summed E-state index contributed by atoms with van der Waals surface area (Å²) in [6.07, 6.45) is 9.57.